The largest absolute Gasteiger partial charge is 0.457 e. The highest BCUT2D eigenvalue weighted by molar-refractivity contribution is 7.89. The van der Waals surface area contributed by atoms with Gasteiger partial charge in [0.15, 0.2) is 5.78 Å². The Balaban J connectivity index is 1.41. The van der Waals surface area contributed by atoms with Crippen molar-refractivity contribution >= 4 is 32.8 Å². The Hall–Kier alpha value is -3.04. The van der Waals surface area contributed by atoms with Crippen molar-refractivity contribution in [3.05, 3.63) is 58.9 Å². The number of esters is 1. The van der Waals surface area contributed by atoms with Crippen molar-refractivity contribution in [2.45, 2.75) is 69.9 Å². The molecule has 1 aliphatic rings. The molecule has 4 rings (SSSR count). The first-order valence-corrected chi connectivity index (χ1v) is 13.1. The molecule has 0 spiro atoms. The molecule has 0 bridgehead atoms. The quantitative estimate of drug-likeness (QED) is 0.347. The summed E-state index contributed by atoms with van der Waals surface area (Å²) in [5.41, 5.74) is 4.39. The Morgan fingerprint density at radius 2 is 1.88 bits per heavy atom. The molecule has 1 aliphatic carbocycles. The van der Waals surface area contributed by atoms with Crippen LogP contribution in [0.3, 0.4) is 0 Å². The number of sulfonamides is 1. The summed E-state index contributed by atoms with van der Waals surface area (Å²) in [6, 6.07) is 10.3. The lowest BCUT2D eigenvalue weighted by Crippen LogP contribution is -2.12. The number of aromatic nitrogens is 2. The molecule has 1 aromatic heterocycles. The average molecular weight is 484 g/mol. The molecule has 1 heterocycles. The molecule has 0 amide bonds. The van der Waals surface area contributed by atoms with E-state index >= 15 is 0 Å². The second-order valence-electron chi connectivity index (χ2n) is 8.65. The van der Waals surface area contributed by atoms with Gasteiger partial charge in [-0.2, -0.15) is 0 Å². The van der Waals surface area contributed by atoms with Crippen LogP contribution in [0.5, 0.6) is 0 Å². The zero-order valence-electron chi connectivity index (χ0n) is 19.2. The van der Waals surface area contributed by atoms with Crippen LogP contribution < -0.4 is 5.14 Å². The Labute approximate surface area is 199 Å². The first-order valence-electron chi connectivity index (χ1n) is 11.6. The zero-order valence-corrected chi connectivity index (χ0v) is 20.1. The minimum atomic E-state index is -3.85. The number of ether oxygens (including phenoxy) is 1. The van der Waals surface area contributed by atoms with Gasteiger partial charge in [0.05, 0.1) is 22.3 Å². The molecule has 0 fully saturated rings. The van der Waals surface area contributed by atoms with Gasteiger partial charge in [0.25, 0.3) is 0 Å². The molecular weight excluding hydrogens is 454 g/mol. The van der Waals surface area contributed by atoms with Crippen molar-refractivity contribution in [2.75, 3.05) is 0 Å². The predicted octanol–water partition coefficient (Wildman–Crippen LogP) is 3.68. The van der Waals surface area contributed by atoms with Crippen molar-refractivity contribution in [1.82, 2.24) is 9.55 Å². The van der Waals surface area contributed by atoms with Crippen LogP contribution in [0.15, 0.2) is 41.3 Å². The molecule has 3 aromatic rings. The van der Waals surface area contributed by atoms with E-state index in [-0.39, 0.29) is 30.1 Å². The summed E-state index contributed by atoms with van der Waals surface area (Å²) in [5.74, 6) is -0.0282. The highest BCUT2D eigenvalue weighted by atomic mass is 32.2. The molecule has 0 saturated carbocycles. The minimum absolute atomic E-state index is 0.0132. The number of nitrogens with two attached hydrogens (primary N) is 1. The van der Waals surface area contributed by atoms with E-state index in [2.05, 4.69) is 11.9 Å². The van der Waals surface area contributed by atoms with Gasteiger partial charge in [-0.15, -0.1) is 0 Å². The molecule has 0 radical (unpaired) electrons. The molecule has 180 valence electrons. The number of hydrogen-bond acceptors (Lipinski definition) is 6. The maximum Gasteiger partial charge on any atom is 0.306 e. The first kappa shape index (κ1) is 24.1. The second kappa shape index (κ2) is 10.1. The fraction of sp³-hybridized carbons (Fsp3) is 0.400. The number of fused-ring (bicyclic) bond motifs is 2. The van der Waals surface area contributed by atoms with Crippen LogP contribution in [0.1, 0.15) is 66.3 Å². The number of ketones is 1. The summed E-state index contributed by atoms with van der Waals surface area (Å²) in [6.45, 7) is 2.66. The molecular formula is C25H29N3O5S. The summed E-state index contributed by atoms with van der Waals surface area (Å²) >= 11 is 0. The maximum atomic E-state index is 12.5. The number of imidazole rings is 1. The number of primary sulfonamides is 1. The van der Waals surface area contributed by atoms with Gasteiger partial charge in [-0.25, -0.2) is 18.5 Å². The molecule has 34 heavy (non-hydrogen) atoms. The Kier molecular flexibility index (Phi) is 7.13. The first-order chi connectivity index (χ1) is 16.3. The molecule has 0 aliphatic heterocycles. The topological polar surface area (TPSA) is 121 Å². The van der Waals surface area contributed by atoms with E-state index in [1.807, 2.05) is 22.8 Å². The summed E-state index contributed by atoms with van der Waals surface area (Å²) < 4.78 is 30.7. The van der Waals surface area contributed by atoms with Crippen molar-refractivity contribution < 1.29 is 22.7 Å². The van der Waals surface area contributed by atoms with Crippen molar-refractivity contribution in [3.63, 3.8) is 0 Å². The Morgan fingerprint density at radius 1 is 1.09 bits per heavy atom. The molecule has 2 aromatic carbocycles. The zero-order chi connectivity index (χ0) is 24.3. The molecule has 9 heteroatoms. The van der Waals surface area contributed by atoms with Crippen LogP contribution >= 0.6 is 0 Å². The molecule has 0 saturated heterocycles. The number of aryl methyl sites for hydroxylation is 3. The van der Waals surface area contributed by atoms with Gasteiger partial charge >= 0.3 is 5.97 Å². The third-order valence-corrected chi connectivity index (χ3v) is 7.11. The van der Waals surface area contributed by atoms with E-state index in [1.165, 1.54) is 23.3 Å². The smallest absolute Gasteiger partial charge is 0.306 e. The maximum absolute atomic E-state index is 12.5. The molecule has 2 N–H and O–H groups in total. The summed E-state index contributed by atoms with van der Waals surface area (Å²) in [5, 5.41) is 5.24. The van der Waals surface area contributed by atoms with Gasteiger partial charge in [0, 0.05) is 18.5 Å². The average Bonchev–Trinajstić information content (AvgIpc) is 3.42. The molecule has 0 unspecified atom stereocenters. The fourth-order valence-corrected chi connectivity index (χ4v) is 4.87. The van der Waals surface area contributed by atoms with Crippen LogP contribution in [0, 0.1) is 0 Å². The lowest BCUT2D eigenvalue weighted by atomic mass is 10.0. The monoisotopic (exact) mass is 483 g/mol. The van der Waals surface area contributed by atoms with Gasteiger partial charge in [0.2, 0.25) is 10.0 Å². The number of hydrogen-bond donors (Lipinski definition) is 1. The highest BCUT2D eigenvalue weighted by Crippen LogP contribution is 2.24. The number of Topliss-reactive ketones (excluding diaryl/α,β-unsaturated/α-hetero) is 1. The molecule has 0 atom stereocenters. The van der Waals surface area contributed by atoms with Gasteiger partial charge < -0.3 is 9.30 Å². The van der Waals surface area contributed by atoms with Crippen molar-refractivity contribution in [1.29, 1.82) is 0 Å². The van der Waals surface area contributed by atoms with Crippen LogP contribution in [0.4, 0.5) is 0 Å². The van der Waals surface area contributed by atoms with Crippen molar-refractivity contribution in [2.24, 2.45) is 5.14 Å². The highest BCUT2D eigenvalue weighted by Gasteiger charge is 2.18. The normalized spacial score (nSPS) is 13.2. The number of carbonyl (C=O) groups excluding carboxylic acids is 2. The van der Waals surface area contributed by atoms with Crippen LogP contribution in [-0.4, -0.2) is 29.7 Å². The summed E-state index contributed by atoms with van der Waals surface area (Å²) in [6.07, 6.45) is 5.09. The van der Waals surface area contributed by atoms with E-state index in [9.17, 15) is 18.0 Å². The predicted molar refractivity (Wildman–Crippen MR) is 128 cm³/mol. The van der Waals surface area contributed by atoms with Gasteiger partial charge in [0.1, 0.15) is 12.4 Å². The fourth-order valence-electron chi connectivity index (χ4n) is 4.33. The SMILES string of the molecule is CCCCn1c(COC(=O)CCC(=O)c2ccc3c(c2)CCC3)nc2cc(S(N)(=O)=O)ccc21. The summed E-state index contributed by atoms with van der Waals surface area (Å²) in [4.78, 5) is 29.4. The standard InChI is InChI=1S/C25H29N3O5S/c1-2-3-13-28-22-10-9-20(34(26,31)32)15-21(22)27-24(28)16-33-25(30)12-11-23(29)19-8-7-17-5-4-6-18(17)14-19/h7-10,14-15H,2-6,11-13,16H2,1H3,(H2,26,31,32). The van der Waals surface area contributed by atoms with E-state index in [1.54, 1.807) is 6.07 Å². The van der Waals surface area contributed by atoms with E-state index < -0.39 is 16.0 Å². The Morgan fingerprint density at radius 3 is 2.65 bits per heavy atom. The second-order valence-corrected chi connectivity index (χ2v) is 10.2. The van der Waals surface area contributed by atoms with E-state index in [4.69, 9.17) is 9.88 Å². The number of carbonyl (C=O) groups is 2. The number of nitrogens with zero attached hydrogens (tertiary/aromatic N) is 2. The third kappa shape index (κ3) is 5.37. The molecule has 8 nitrogen and oxygen atoms in total. The number of unbranched alkanes of at least 4 members (excludes halogenated alkanes) is 1. The third-order valence-electron chi connectivity index (χ3n) is 6.20. The van der Waals surface area contributed by atoms with E-state index in [0.717, 1.165) is 37.6 Å². The van der Waals surface area contributed by atoms with Gasteiger partial charge in [-0.3, -0.25) is 9.59 Å². The number of rotatable bonds is 10. The number of benzene rings is 2. The van der Waals surface area contributed by atoms with Crippen molar-refractivity contribution in [3.8, 4) is 0 Å². The van der Waals surface area contributed by atoms with E-state index in [0.29, 0.717) is 23.4 Å². The Bertz CT molecular complexity index is 1340. The van der Waals surface area contributed by atoms with Crippen LogP contribution in [0.2, 0.25) is 0 Å². The van der Waals surface area contributed by atoms with Crippen LogP contribution in [0.25, 0.3) is 11.0 Å². The van der Waals surface area contributed by atoms with Gasteiger partial charge in [-0.05, 0) is 61.1 Å². The minimum Gasteiger partial charge on any atom is -0.457 e. The summed E-state index contributed by atoms with van der Waals surface area (Å²) in [7, 11) is -3.85. The lowest BCUT2D eigenvalue weighted by molar-refractivity contribution is -0.145. The van der Waals surface area contributed by atoms with Crippen LogP contribution in [-0.2, 0) is 45.5 Å². The lowest BCUT2D eigenvalue weighted by Gasteiger charge is -2.09. The van der Waals surface area contributed by atoms with Gasteiger partial charge in [-0.1, -0.05) is 25.5 Å².